The van der Waals surface area contributed by atoms with Crippen LogP contribution >= 0.6 is 0 Å². The van der Waals surface area contributed by atoms with Crippen LogP contribution in [0.1, 0.15) is 19.4 Å². The predicted octanol–water partition coefficient (Wildman–Crippen LogP) is 4.70. The fraction of sp³-hybridized carbons (Fsp3) is 0.118. The molecule has 0 aliphatic rings. The molecule has 0 spiro atoms. The van der Waals surface area contributed by atoms with Crippen molar-refractivity contribution in [2.24, 2.45) is 4.99 Å². The molecule has 2 rings (SSSR count). The summed E-state index contributed by atoms with van der Waals surface area (Å²) < 4.78 is 0. The molecule has 0 fully saturated rings. The number of allylic oxidation sites excluding steroid dienone is 1. The van der Waals surface area contributed by atoms with Gasteiger partial charge in [0.05, 0.1) is 0 Å². The molecule has 0 N–H and O–H groups in total. The molecule has 0 saturated carbocycles. The second kappa shape index (κ2) is 5.46. The minimum atomic E-state index is 0.829. The van der Waals surface area contributed by atoms with Crippen molar-refractivity contribution >= 4 is 5.71 Å². The van der Waals surface area contributed by atoms with Crippen molar-refractivity contribution < 1.29 is 0 Å². The van der Waals surface area contributed by atoms with Crippen molar-refractivity contribution in [3.05, 3.63) is 72.4 Å². The summed E-state index contributed by atoms with van der Waals surface area (Å²) in [7, 11) is 0. The van der Waals surface area contributed by atoms with E-state index in [1.165, 1.54) is 11.1 Å². The van der Waals surface area contributed by atoms with Gasteiger partial charge >= 0.3 is 0 Å². The number of benzene rings is 2. The van der Waals surface area contributed by atoms with Gasteiger partial charge < -0.3 is 0 Å². The SMILES string of the molecule is C=C(C)N=C(C)c1ccccc1-c1ccccc1. The molecule has 0 unspecified atom stereocenters. The largest absolute Gasteiger partial charge is 0.258 e. The Morgan fingerprint density at radius 3 is 2.17 bits per heavy atom. The number of aliphatic imine (C=N–C) groups is 1. The highest BCUT2D eigenvalue weighted by Crippen LogP contribution is 2.24. The summed E-state index contributed by atoms with van der Waals surface area (Å²) in [6.07, 6.45) is 0. The molecule has 0 radical (unpaired) electrons. The van der Waals surface area contributed by atoms with Crippen molar-refractivity contribution in [2.75, 3.05) is 0 Å². The highest BCUT2D eigenvalue weighted by molar-refractivity contribution is 6.04. The van der Waals surface area contributed by atoms with Gasteiger partial charge in [0, 0.05) is 17.0 Å². The normalized spacial score (nSPS) is 11.3. The standard InChI is InChI=1S/C17H17N/c1-13(2)18-14(3)16-11-7-8-12-17(16)15-9-5-4-6-10-15/h4-12H,1H2,2-3H3. The Balaban J connectivity index is 2.54. The average Bonchev–Trinajstić information content (AvgIpc) is 2.39. The van der Waals surface area contributed by atoms with Gasteiger partial charge in [-0.05, 0) is 25.0 Å². The van der Waals surface area contributed by atoms with Crippen LogP contribution in [0.4, 0.5) is 0 Å². The van der Waals surface area contributed by atoms with E-state index in [0.29, 0.717) is 0 Å². The first kappa shape index (κ1) is 12.3. The van der Waals surface area contributed by atoms with Crippen LogP contribution in [0.5, 0.6) is 0 Å². The molecule has 90 valence electrons. The van der Waals surface area contributed by atoms with E-state index in [1.807, 2.05) is 26.0 Å². The van der Waals surface area contributed by atoms with E-state index in [4.69, 9.17) is 0 Å². The van der Waals surface area contributed by atoms with E-state index in [0.717, 1.165) is 17.0 Å². The fourth-order valence-corrected chi connectivity index (χ4v) is 2.01. The topological polar surface area (TPSA) is 12.4 Å². The molecule has 1 heteroatoms. The maximum Gasteiger partial charge on any atom is 0.0454 e. The zero-order valence-corrected chi connectivity index (χ0v) is 10.9. The minimum absolute atomic E-state index is 0.829. The van der Waals surface area contributed by atoms with Crippen LogP contribution in [0.25, 0.3) is 11.1 Å². The lowest BCUT2D eigenvalue weighted by Gasteiger charge is -2.09. The van der Waals surface area contributed by atoms with Gasteiger partial charge in [0.1, 0.15) is 0 Å². The zero-order valence-electron chi connectivity index (χ0n) is 10.9. The van der Waals surface area contributed by atoms with Crippen molar-refractivity contribution in [3.63, 3.8) is 0 Å². The molecule has 1 nitrogen and oxygen atoms in total. The van der Waals surface area contributed by atoms with E-state index >= 15 is 0 Å². The molecule has 0 amide bonds. The molecule has 2 aromatic rings. The van der Waals surface area contributed by atoms with Gasteiger partial charge in [-0.2, -0.15) is 0 Å². The Kier molecular flexibility index (Phi) is 3.73. The Morgan fingerprint density at radius 1 is 0.889 bits per heavy atom. The third-order valence-corrected chi connectivity index (χ3v) is 2.76. The smallest absolute Gasteiger partial charge is 0.0454 e. The highest BCUT2D eigenvalue weighted by Gasteiger charge is 2.06. The molecule has 2 aromatic carbocycles. The second-order valence-electron chi connectivity index (χ2n) is 4.34. The van der Waals surface area contributed by atoms with Crippen molar-refractivity contribution in [1.82, 2.24) is 0 Å². The molecule has 18 heavy (non-hydrogen) atoms. The van der Waals surface area contributed by atoms with Crippen LogP contribution < -0.4 is 0 Å². The summed E-state index contributed by atoms with van der Waals surface area (Å²) in [5.41, 5.74) is 5.41. The third-order valence-electron chi connectivity index (χ3n) is 2.76. The van der Waals surface area contributed by atoms with E-state index in [2.05, 4.69) is 54.0 Å². The fourth-order valence-electron chi connectivity index (χ4n) is 2.01. The average molecular weight is 235 g/mol. The Bertz CT molecular complexity index is 580. The van der Waals surface area contributed by atoms with Crippen molar-refractivity contribution in [2.45, 2.75) is 13.8 Å². The first-order valence-corrected chi connectivity index (χ1v) is 6.04. The summed E-state index contributed by atoms with van der Waals surface area (Å²) in [5, 5.41) is 0. The zero-order chi connectivity index (χ0) is 13.0. The number of hydrogen-bond donors (Lipinski definition) is 0. The second-order valence-corrected chi connectivity index (χ2v) is 4.34. The minimum Gasteiger partial charge on any atom is -0.258 e. The lowest BCUT2D eigenvalue weighted by Crippen LogP contribution is -1.98. The van der Waals surface area contributed by atoms with Crippen LogP contribution in [-0.2, 0) is 0 Å². The molecular formula is C17H17N. The van der Waals surface area contributed by atoms with Gasteiger partial charge in [-0.25, -0.2) is 0 Å². The first-order valence-electron chi connectivity index (χ1n) is 6.04. The number of hydrogen-bond acceptors (Lipinski definition) is 1. The van der Waals surface area contributed by atoms with Crippen molar-refractivity contribution in [3.8, 4) is 11.1 Å². The molecule has 0 aromatic heterocycles. The number of nitrogens with zero attached hydrogens (tertiary/aromatic N) is 1. The van der Waals surface area contributed by atoms with E-state index < -0.39 is 0 Å². The lowest BCUT2D eigenvalue weighted by atomic mass is 9.97. The Hall–Kier alpha value is -2.15. The molecule has 0 aliphatic heterocycles. The van der Waals surface area contributed by atoms with E-state index in [-0.39, 0.29) is 0 Å². The molecule has 0 atom stereocenters. The monoisotopic (exact) mass is 235 g/mol. The summed E-state index contributed by atoms with van der Waals surface area (Å²) in [4.78, 5) is 4.46. The van der Waals surface area contributed by atoms with E-state index in [1.54, 1.807) is 0 Å². The Labute approximate surface area is 109 Å². The summed E-state index contributed by atoms with van der Waals surface area (Å²) in [6, 6.07) is 18.7. The third kappa shape index (κ3) is 2.75. The summed E-state index contributed by atoms with van der Waals surface area (Å²) >= 11 is 0. The molecule has 0 heterocycles. The maximum absolute atomic E-state index is 4.46. The van der Waals surface area contributed by atoms with Gasteiger partial charge in [-0.1, -0.05) is 61.2 Å². The van der Waals surface area contributed by atoms with E-state index in [9.17, 15) is 0 Å². The van der Waals surface area contributed by atoms with Crippen LogP contribution in [0.3, 0.4) is 0 Å². The highest BCUT2D eigenvalue weighted by atomic mass is 14.7. The van der Waals surface area contributed by atoms with Crippen molar-refractivity contribution in [1.29, 1.82) is 0 Å². The van der Waals surface area contributed by atoms with Gasteiger partial charge in [0.2, 0.25) is 0 Å². The van der Waals surface area contributed by atoms with Crippen LogP contribution in [-0.4, -0.2) is 5.71 Å². The van der Waals surface area contributed by atoms with Gasteiger partial charge in [0.15, 0.2) is 0 Å². The summed E-state index contributed by atoms with van der Waals surface area (Å²) in [5.74, 6) is 0. The van der Waals surface area contributed by atoms with Gasteiger partial charge in [-0.15, -0.1) is 0 Å². The van der Waals surface area contributed by atoms with Crippen LogP contribution in [0, 0.1) is 0 Å². The molecule has 0 aliphatic carbocycles. The van der Waals surface area contributed by atoms with Crippen LogP contribution in [0.15, 0.2) is 71.9 Å². The molecule has 0 saturated heterocycles. The molecule has 0 bridgehead atoms. The quantitative estimate of drug-likeness (QED) is 0.684. The summed E-state index contributed by atoms with van der Waals surface area (Å²) in [6.45, 7) is 7.77. The molecular weight excluding hydrogens is 218 g/mol. The number of rotatable bonds is 3. The first-order chi connectivity index (χ1) is 8.68. The van der Waals surface area contributed by atoms with Gasteiger partial charge in [-0.3, -0.25) is 4.99 Å². The predicted molar refractivity (Wildman–Crippen MR) is 78.9 cm³/mol. The van der Waals surface area contributed by atoms with Gasteiger partial charge in [0.25, 0.3) is 0 Å². The lowest BCUT2D eigenvalue weighted by molar-refractivity contribution is 1.31. The Morgan fingerprint density at radius 2 is 1.50 bits per heavy atom. The maximum atomic E-state index is 4.46. The van der Waals surface area contributed by atoms with Crippen LogP contribution in [0.2, 0.25) is 0 Å².